The molecule has 0 saturated heterocycles. The van der Waals surface area contributed by atoms with Crippen LogP contribution in [0.1, 0.15) is 6.42 Å². The van der Waals surface area contributed by atoms with Gasteiger partial charge < -0.3 is 29.2 Å². The van der Waals surface area contributed by atoms with Gasteiger partial charge in [-0.25, -0.2) is 12.2 Å². The van der Waals surface area contributed by atoms with Crippen molar-refractivity contribution in [1.29, 1.82) is 0 Å². The summed E-state index contributed by atoms with van der Waals surface area (Å²) in [6.45, 7) is 0. The summed E-state index contributed by atoms with van der Waals surface area (Å²) in [5.74, 6) is 1.76. The van der Waals surface area contributed by atoms with Crippen molar-refractivity contribution in [2.45, 2.75) is 6.42 Å². The molecule has 6 nitrogen and oxygen atoms in total. The van der Waals surface area contributed by atoms with Crippen molar-refractivity contribution in [2.24, 2.45) is 0 Å². The van der Waals surface area contributed by atoms with E-state index in [-0.39, 0.29) is 37.7 Å². The first kappa shape index (κ1) is 33.1. The van der Waals surface area contributed by atoms with Crippen LogP contribution in [-0.2, 0) is 26.2 Å². The smallest absolute Gasteiger partial charge is 0.502 e. The van der Waals surface area contributed by atoms with Crippen molar-refractivity contribution in [3.8, 4) is 34.5 Å². The summed E-state index contributed by atoms with van der Waals surface area (Å²) < 4.78 is 19.4. The van der Waals surface area contributed by atoms with E-state index in [2.05, 4.69) is 66.7 Å². The maximum absolute atomic E-state index is 9.34. The molecule has 0 fully saturated rings. The van der Waals surface area contributed by atoms with E-state index >= 15 is 0 Å². The number of benzene rings is 4. The molecule has 1 aliphatic carbocycles. The van der Waals surface area contributed by atoms with Gasteiger partial charge in [-0.3, -0.25) is 6.08 Å². The van der Waals surface area contributed by atoms with Gasteiger partial charge in [0.25, 0.3) is 0 Å². The summed E-state index contributed by atoms with van der Waals surface area (Å²) in [4.78, 5) is 0. The molecule has 0 amide bonds. The van der Waals surface area contributed by atoms with Crippen LogP contribution in [0.5, 0.6) is 34.5 Å². The van der Waals surface area contributed by atoms with Crippen LogP contribution in [-0.4, -0.2) is 38.7 Å². The normalized spacial score (nSPS) is 10.6. The Balaban J connectivity index is 0.000000197. The molecule has 7 heteroatoms. The minimum Gasteiger partial charge on any atom is -0.502 e. The summed E-state index contributed by atoms with van der Waals surface area (Å²) in [7, 11) is 5.98. The van der Waals surface area contributed by atoms with Crippen LogP contribution in [0.4, 0.5) is 0 Å². The summed E-state index contributed by atoms with van der Waals surface area (Å²) in [5, 5.41) is 24.1. The number of hydrogen-bond acceptors (Lipinski definition) is 6. The predicted octanol–water partition coefficient (Wildman–Crippen LogP) is 7.83. The van der Waals surface area contributed by atoms with Crippen molar-refractivity contribution in [2.75, 3.05) is 28.4 Å². The van der Waals surface area contributed by atoms with E-state index in [4.69, 9.17) is 18.9 Å². The third-order valence-corrected chi connectivity index (χ3v) is 5.91. The van der Waals surface area contributed by atoms with Gasteiger partial charge in [0.05, 0.1) is 28.4 Å². The number of rotatable bonds is 4. The fourth-order valence-corrected chi connectivity index (χ4v) is 3.91. The fraction of sp³-hybridized carbons (Fsp3) is 0.147. The third kappa shape index (κ3) is 9.22. The maximum Gasteiger partial charge on any atom is 2.00 e. The number of phenols is 2. The van der Waals surface area contributed by atoms with E-state index in [1.807, 2.05) is 12.2 Å². The van der Waals surface area contributed by atoms with Crippen molar-refractivity contribution >= 4 is 21.5 Å². The Morgan fingerprint density at radius 1 is 0.585 bits per heavy atom. The average molecular weight is 630 g/mol. The zero-order valence-corrected chi connectivity index (χ0v) is 26.1. The van der Waals surface area contributed by atoms with Gasteiger partial charge >= 0.3 is 26.2 Å². The molecular formula is C34H34O6Zr. The minimum atomic E-state index is 0. The van der Waals surface area contributed by atoms with Gasteiger partial charge in [-0.15, -0.1) is 46.2 Å². The quantitative estimate of drug-likeness (QED) is 0.197. The first-order chi connectivity index (χ1) is 19.5. The molecule has 5 aromatic rings. The van der Waals surface area contributed by atoms with Gasteiger partial charge in [-0.2, -0.15) is 6.08 Å². The molecular weight excluding hydrogens is 596 g/mol. The number of aromatic hydroxyl groups is 2. The molecule has 0 heterocycles. The van der Waals surface area contributed by atoms with E-state index < -0.39 is 0 Å². The van der Waals surface area contributed by atoms with Gasteiger partial charge in [0.2, 0.25) is 11.5 Å². The molecule has 1 aliphatic rings. The molecule has 41 heavy (non-hydrogen) atoms. The van der Waals surface area contributed by atoms with E-state index in [0.29, 0.717) is 23.0 Å². The Labute approximate surface area is 260 Å². The average Bonchev–Trinajstić information content (AvgIpc) is 3.70. The molecule has 6 rings (SSSR count). The largest absolute Gasteiger partial charge is 2.00 e. The predicted molar refractivity (Wildman–Crippen MR) is 161 cm³/mol. The first-order valence-corrected chi connectivity index (χ1v) is 12.6. The van der Waals surface area contributed by atoms with Crippen molar-refractivity contribution in [3.05, 3.63) is 115 Å². The second kappa shape index (κ2) is 17.6. The summed E-state index contributed by atoms with van der Waals surface area (Å²) in [6.07, 6.45) is 10.0. The second-order valence-electron chi connectivity index (χ2n) is 8.34. The molecule has 2 N–H and O–H groups in total. The Morgan fingerprint density at radius 3 is 1.27 bits per heavy atom. The molecule has 0 spiro atoms. The Hall–Kier alpha value is -4.09. The van der Waals surface area contributed by atoms with Crippen LogP contribution in [0.3, 0.4) is 0 Å². The molecule has 5 aromatic carbocycles. The van der Waals surface area contributed by atoms with E-state index in [9.17, 15) is 10.2 Å². The van der Waals surface area contributed by atoms with Crippen molar-refractivity contribution in [3.63, 3.8) is 0 Å². The maximum atomic E-state index is 9.34. The number of ether oxygens (including phenoxy) is 4. The van der Waals surface area contributed by atoms with Crippen LogP contribution in [0.25, 0.3) is 21.5 Å². The molecule has 210 valence electrons. The zero-order valence-electron chi connectivity index (χ0n) is 23.6. The number of para-hydroxylation sites is 2. The Kier molecular flexibility index (Phi) is 14.2. The number of phenolic OH excluding ortho intramolecular Hbond substituents is 2. The van der Waals surface area contributed by atoms with E-state index in [1.54, 1.807) is 36.4 Å². The number of fused-ring (bicyclic) bond motifs is 3. The standard InChI is InChI=1S/C13H9.2C8H10O3.C5H5.Zr/c1-3-7-12-10(5-1)9-11-6-2-4-8-13(11)12;2*1-10-6-4-3-5-7(11-2)8(6)9;1-2-4-5-3-1;/h1-9H;2*3-5,9H,1-2H3;1-3H,4H2;/q-1;;;-1;+2. The molecule has 0 unspecified atom stereocenters. The van der Waals surface area contributed by atoms with Gasteiger partial charge in [0, 0.05) is 0 Å². The molecule has 0 saturated carbocycles. The van der Waals surface area contributed by atoms with Gasteiger partial charge in [-0.1, -0.05) is 48.5 Å². The van der Waals surface area contributed by atoms with Crippen LogP contribution in [0.15, 0.2) is 109 Å². The van der Waals surface area contributed by atoms with Gasteiger partial charge in [0.1, 0.15) is 0 Å². The topological polar surface area (TPSA) is 77.4 Å². The van der Waals surface area contributed by atoms with Gasteiger partial charge in [-0.05, 0) is 24.3 Å². The van der Waals surface area contributed by atoms with Crippen LogP contribution >= 0.6 is 0 Å². The zero-order chi connectivity index (χ0) is 28.7. The third-order valence-electron chi connectivity index (χ3n) is 5.91. The fourth-order valence-electron chi connectivity index (χ4n) is 3.91. The summed E-state index contributed by atoms with van der Waals surface area (Å²) >= 11 is 0. The Morgan fingerprint density at radius 2 is 0.976 bits per heavy atom. The minimum absolute atomic E-state index is 0. The van der Waals surface area contributed by atoms with Crippen LogP contribution in [0, 0.1) is 6.08 Å². The summed E-state index contributed by atoms with van der Waals surface area (Å²) in [6, 6.07) is 29.4. The van der Waals surface area contributed by atoms with Crippen molar-refractivity contribution < 1.29 is 55.4 Å². The van der Waals surface area contributed by atoms with Crippen LogP contribution in [0.2, 0.25) is 0 Å². The van der Waals surface area contributed by atoms with E-state index in [0.717, 1.165) is 6.42 Å². The SMILES string of the molecule is COc1cccc(OC)c1O.COc1cccc(OC)c1O.[C-]1=CC=CC1.[Zr+2].c1ccc2c(c1)[cH-]c1ccccc12. The van der Waals surface area contributed by atoms with Crippen LogP contribution < -0.4 is 18.9 Å². The van der Waals surface area contributed by atoms with E-state index in [1.165, 1.54) is 50.0 Å². The monoisotopic (exact) mass is 628 g/mol. The molecule has 0 bridgehead atoms. The Bertz CT molecular complexity index is 1400. The first-order valence-electron chi connectivity index (χ1n) is 12.6. The number of methoxy groups -OCH3 is 4. The van der Waals surface area contributed by atoms with Crippen molar-refractivity contribution in [1.82, 2.24) is 0 Å². The molecule has 0 radical (unpaired) electrons. The summed E-state index contributed by atoms with van der Waals surface area (Å²) in [5.41, 5.74) is 0. The molecule has 0 aliphatic heterocycles. The molecule has 0 atom stereocenters. The number of allylic oxidation sites excluding steroid dienone is 4. The number of hydrogen-bond donors (Lipinski definition) is 2. The molecule has 0 aromatic heterocycles. The van der Waals surface area contributed by atoms with Gasteiger partial charge in [0.15, 0.2) is 23.0 Å². The second-order valence-corrected chi connectivity index (χ2v) is 8.34.